The van der Waals surface area contributed by atoms with E-state index in [0.717, 1.165) is 0 Å². The van der Waals surface area contributed by atoms with Gasteiger partial charge in [0.2, 0.25) is 5.75 Å². The molecule has 2 aromatic heterocycles. The number of aliphatic hydroxyl groups is 1. The summed E-state index contributed by atoms with van der Waals surface area (Å²) in [5, 5.41) is 24.2. The van der Waals surface area contributed by atoms with Crippen LogP contribution in [-0.4, -0.2) is 81.1 Å². The number of nitrogens with one attached hydrogen (secondary N) is 3. The molecule has 0 radical (unpaired) electrons. The number of anilines is 2. The molecule has 3 aliphatic heterocycles. The monoisotopic (exact) mass is 501 g/mol. The number of aromatic nitrogens is 3. The van der Waals surface area contributed by atoms with Crippen molar-refractivity contribution < 1.29 is 28.2 Å². The van der Waals surface area contributed by atoms with Crippen LogP contribution in [0.2, 0.25) is 0 Å². The fourth-order valence-corrected chi connectivity index (χ4v) is 5.49. The molecule has 4 N–H and O–H groups in total. The van der Waals surface area contributed by atoms with Gasteiger partial charge in [-0.25, -0.2) is 13.8 Å². The lowest BCUT2D eigenvalue weighted by atomic mass is 9.88. The second-order valence-corrected chi connectivity index (χ2v) is 9.80. The zero-order valence-corrected chi connectivity index (χ0v) is 19.2. The van der Waals surface area contributed by atoms with Crippen molar-refractivity contribution in [2.24, 2.45) is 11.8 Å². The molecule has 7 rings (SSSR count). The van der Waals surface area contributed by atoms with E-state index in [4.69, 9.17) is 9.47 Å². The standard InChI is InChI=1S/C23H25F2N7O4/c24-23(25)4-3-15(23)29-21(33)11-8-27-32-19(11)30-18(17-20(32)26-5-7-36-17)28-14-2-1-6-31(22(14)34)16-12-9-35-10-13(12)16/h1-2,6,8,12-13,15-16,22,26,34H,3-5,7,9-10H2,(H,28,30)(H,29,33)/t12-,13+,15-,16?,22?/m1/s1. The van der Waals surface area contributed by atoms with Gasteiger partial charge in [0.1, 0.15) is 12.2 Å². The maximum atomic E-state index is 13.7. The van der Waals surface area contributed by atoms with Gasteiger partial charge in [0.15, 0.2) is 23.5 Å². The number of aliphatic hydroxyl groups excluding tert-OH is 1. The lowest BCUT2D eigenvalue weighted by Gasteiger charge is -2.36. The minimum absolute atomic E-state index is 0.0708. The van der Waals surface area contributed by atoms with E-state index in [0.29, 0.717) is 55.5 Å². The first-order valence-electron chi connectivity index (χ1n) is 12.1. The summed E-state index contributed by atoms with van der Waals surface area (Å²) in [4.78, 5) is 19.4. The van der Waals surface area contributed by atoms with Crippen LogP contribution in [0.3, 0.4) is 0 Å². The minimum Gasteiger partial charge on any atom is -0.485 e. The van der Waals surface area contributed by atoms with E-state index in [1.165, 1.54) is 10.7 Å². The summed E-state index contributed by atoms with van der Waals surface area (Å²) in [5.74, 6) is -1.60. The Morgan fingerprint density at radius 3 is 2.89 bits per heavy atom. The molecule has 5 atom stereocenters. The normalized spacial score (nSPS) is 31.5. The van der Waals surface area contributed by atoms with Crippen molar-refractivity contribution >= 4 is 23.2 Å². The van der Waals surface area contributed by atoms with Crippen molar-refractivity contribution in [3.8, 4) is 5.75 Å². The summed E-state index contributed by atoms with van der Waals surface area (Å²) < 4.78 is 40.3. The van der Waals surface area contributed by atoms with Crippen LogP contribution >= 0.6 is 0 Å². The number of alkyl halides is 2. The molecule has 5 heterocycles. The number of amides is 1. The second kappa shape index (κ2) is 7.77. The van der Waals surface area contributed by atoms with Gasteiger partial charge in [-0.05, 0) is 18.6 Å². The third-order valence-corrected chi connectivity index (χ3v) is 7.68. The van der Waals surface area contributed by atoms with Gasteiger partial charge in [0.05, 0.1) is 37.7 Å². The molecule has 1 saturated heterocycles. The molecule has 0 aromatic carbocycles. The molecule has 2 saturated carbocycles. The Bertz CT molecular complexity index is 1300. The zero-order valence-electron chi connectivity index (χ0n) is 19.2. The average molecular weight is 501 g/mol. The van der Waals surface area contributed by atoms with Gasteiger partial charge in [-0.2, -0.15) is 9.61 Å². The molecular formula is C23H25F2N7O4. The Morgan fingerprint density at radius 1 is 1.31 bits per heavy atom. The number of halogens is 2. The van der Waals surface area contributed by atoms with E-state index >= 15 is 0 Å². The molecule has 0 spiro atoms. The molecule has 36 heavy (non-hydrogen) atoms. The van der Waals surface area contributed by atoms with Crippen LogP contribution in [0.1, 0.15) is 23.2 Å². The van der Waals surface area contributed by atoms with Gasteiger partial charge in [0.25, 0.3) is 11.8 Å². The summed E-state index contributed by atoms with van der Waals surface area (Å²) >= 11 is 0. The predicted molar refractivity (Wildman–Crippen MR) is 123 cm³/mol. The van der Waals surface area contributed by atoms with E-state index in [1.54, 1.807) is 6.08 Å². The van der Waals surface area contributed by atoms with E-state index in [-0.39, 0.29) is 35.9 Å². The molecular weight excluding hydrogens is 476 g/mol. The molecule has 2 aliphatic carbocycles. The predicted octanol–water partition coefficient (Wildman–Crippen LogP) is 1.15. The lowest BCUT2D eigenvalue weighted by molar-refractivity contribution is -0.102. The first-order chi connectivity index (χ1) is 17.4. The number of hydrogen-bond acceptors (Lipinski definition) is 9. The Kier molecular flexibility index (Phi) is 4.71. The van der Waals surface area contributed by atoms with Crippen LogP contribution in [-0.2, 0) is 4.74 Å². The lowest BCUT2D eigenvalue weighted by Crippen LogP contribution is -2.55. The van der Waals surface area contributed by atoms with Gasteiger partial charge >= 0.3 is 0 Å². The van der Waals surface area contributed by atoms with E-state index in [1.807, 2.05) is 17.2 Å². The Labute approximate surface area is 204 Å². The Hall–Kier alpha value is -3.45. The summed E-state index contributed by atoms with van der Waals surface area (Å²) in [5.41, 5.74) is 0.749. The largest absolute Gasteiger partial charge is 0.485 e. The smallest absolute Gasteiger partial charge is 0.267 e. The van der Waals surface area contributed by atoms with Crippen molar-refractivity contribution in [1.29, 1.82) is 0 Å². The number of carbonyl (C=O) groups excluding carboxylic acids is 1. The SMILES string of the molecule is O=C(N[C@@H]1CCC1(F)F)c1cnn2c3c(c(NC4=CC=CN(C5[C@H]6COC[C@@H]56)C4O)nc12)OCCN3. The summed E-state index contributed by atoms with van der Waals surface area (Å²) in [6.07, 6.45) is 5.84. The quantitative estimate of drug-likeness (QED) is 0.478. The molecule has 11 nitrogen and oxygen atoms in total. The highest BCUT2D eigenvalue weighted by molar-refractivity contribution is 6.00. The highest BCUT2D eigenvalue weighted by Crippen LogP contribution is 2.49. The first-order valence-corrected chi connectivity index (χ1v) is 12.1. The highest BCUT2D eigenvalue weighted by atomic mass is 19.3. The van der Waals surface area contributed by atoms with Crippen molar-refractivity contribution in [3.05, 3.63) is 35.8 Å². The number of allylic oxidation sites excluding steroid dienone is 2. The molecule has 5 aliphatic rings. The third kappa shape index (κ3) is 3.25. The maximum absolute atomic E-state index is 13.7. The first kappa shape index (κ1) is 21.8. The molecule has 0 bridgehead atoms. The van der Waals surface area contributed by atoms with Gasteiger partial charge in [-0.3, -0.25) is 4.79 Å². The van der Waals surface area contributed by atoms with Crippen molar-refractivity contribution in [1.82, 2.24) is 24.8 Å². The van der Waals surface area contributed by atoms with Crippen molar-refractivity contribution in [3.63, 3.8) is 0 Å². The Balaban J connectivity index is 1.20. The maximum Gasteiger partial charge on any atom is 0.267 e. The van der Waals surface area contributed by atoms with Crippen molar-refractivity contribution in [2.45, 2.75) is 37.1 Å². The van der Waals surface area contributed by atoms with E-state index in [2.05, 4.69) is 26.0 Å². The highest BCUT2D eigenvalue weighted by Gasteiger charge is 2.58. The fraction of sp³-hybridized carbons (Fsp3) is 0.522. The number of nitrogens with zero attached hydrogens (tertiary/aromatic N) is 4. The molecule has 1 amide bonds. The van der Waals surface area contributed by atoms with Crippen LogP contribution in [0.5, 0.6) is 5.75 Å². The van der Waals surface area contributed by atoms with E-state index < -0.39 is 24.1 Å². The summed E-state index contributed by atoms with van der Waals surface area (Å²) in [6.45, 7) is 2.29. The third-order valence-electron chi connectivity index (χ3n) is 7.68. The number of carbonyl (C=O) groups is 1. The van der Waals surface area contributed by atoms with Crippen LogP contribution in [0.4, 0.5) is 20.4 Å². The average Bonchev–Trinajstić information content (AvgIpc) is 3.20. The number of hydrogen-bond donors (Lipinski definition) is 4. The summed E-state index contributed by atoms with van der Waals surface area (Å²) in [7, 11) is 0. The molecule has 2 aromatic rings. The van der Waals surface area contributed by atoms with Crippen LogP contribution in [0, 0.1) is 11.8 Å². The molecule has 2 unspecified atom stereocenters. The Morgan fingerprint density at radius 2 is 2.14 bits per heavy atom. The van der Waals surface area contributed by atoms with Crippen LogP contribution < -0.4 is 20.7 Å². The molecule has 190 valence electrons. The van der Waals surface area contributed by atoms with Gasteiger partial charge in [-0.1, -0.05) is 0 Å². The second-order valence-electron chi connectivity index (χ2n) is 9.80. The topological polar surface area (TPSA) is 125 Å². The van der Waals surface area contributed by atoms with Gasteiger partial charge < -0.3 is 35.4 Å². The molecule has 13 heteroatoms. The minimum atomic E-state index is -2.91. The summed E-state index contributed by atoms with van der Waals surface area (Å²) in [6, 6.07) is -0.989. The van der Waals surface area contributed by atoms with Crippen molar-refractivity contribution in [2.75, 3.05) is 37.0 Å². The zero-order chi connectivity index (χ0) is 24.6. The molecule has 3 fully saturated rings. The number of ether oxygens (including phenoxy) is 2. The number of fused-ring (bicyclic) bond motifs is 4. The van der Waals surface area contributed by atoms with Crippen LogP contribution in [0.15, 0.2) is 30.2 Å². The van der Waals surface area contributed by atoms with Gasteiger partial charge in [0, 0.05) is 30.5 Å². The fourth-order valence-electron chi connectivity index (χ4n) is 5.49. The number of rotatable bonds is 5. The van der Waals surface area contributed by atoms with Crippen LogP contribution in [0.25, 0.3) is 5.65 Å². The van der Waals surface area contributed by atoms with Gasteiger partial charge in [-0.15, -0.1) is 0 Å². The van der Waals surface area contributed by atoms with E-state index in [9.17, 15) is 18.7 Å².